The van der Waals surface area contributed by atoms with Crippen LogP contribution in [0.1, 0.15) is 25.3 Å². The summed E-state index contributed by atoms with van der Waals surface area (Å²) in [4.78, 5) is 18.9. The zero-order chi connectivity index (χ0) is 19.1. The molecular weight excluding hydrogens is 342 g/mol. The molecule has 0 aliphatic carbocycles. The second-order valence-corrected chi connectivity index (χ2v) is 6.60. The van der Waals surface area contributed by atoms with Crippen molar-refractivity contribution >= 4 is 11.6 Å². The molecule has 6 heteroatoms. The number of benzene rings is 1. The molecule has 0 atom stereocenters. The third-order valence-corrected chi connectivity index (χ3v) is 4.89. The van der Waals surface area contributed by atoms with Crippen LogP contribution in [-0.2, 0) is 11.3 Å². The van der Waals surface area contributed by atoms with Crippen LogP contribution in [0.25, 0.3) is 0 Å². The van der Waals surface area contributed by atoms with Crippen molar-refractivity contribution < 1.29 is 14.3 Å². The van der Waals surface area contributed by atoms with Gasteiger partial charge in [-0.1, -0.05) is 6.07 Å². The topological polar surface area (TPSA) is 63.7 Å². The Balaban J connectivity index is 1.50. The molecule has 1 aliphatic rings. The Morgan fingerprint density at radius 1 is 1.19 bits per heavy atom. The van der Waals surface area contributed by atoms with Crippen LogP contribution in [0, 0.1) is 5.92 Å². The SMILES string of the molecule is CCOc1ccc(CNC(=O)C2CCN(c3ccncc3)CC2)cc1OC. The van der Waals surface area contributed by atoms with E-state index in [9.17, 15) is 4.79 Å². The monoisotopic (exact) mass is 369 g/mol. The Hall–Kier alpha value is -2.76. The van der Waals surface area contributed by atoms with Crippen molar-refractivity contribution in [3.63, 3.8) is 0 Å². The van der Waals surface area contributed by atoms with Gasteiger partial charge < -0.3 is 19.7 Å². The zero-order valence-corrected chi connectivity index (χ0v) is 16.0. The van der Waals surface area contributed by atoms with Crippen molar-refractivity contribution in [3.8, 4) is 11.5 Å². The standard InChI is InChI=1S/C21H27N3O3/c1-3-27-19-5-4-16(14-20(19)26-2)15-23-21(25)17-8-12-24(13-9-17)18-6-10-22-11-7-18/h4-7,10-11,14,17H,3,8-9,12-13,15H2,1-2H3,(H,23,25). The molecule has 3 rings (SSSR count). The third kappa shape index (κ3) is 4.90. The van der Waals surface area contributed by atoms with E-state index in [2.05, 4.69) is 15.2 Å². The summed E-state index contributed by atoms with van der Waals surface area (Å²) in [5.41, 5.74) is 2.17. The molecule has 1 saturated heterocycles. The van der Waals surface area contributed by atoms with Gasteiger partial charge in [-0.3, -0.25) is 9.78 Å². The molecule has 0 radical (unpaired) electrons. The first-order chi connectivity index (χ1) is 13.2. The highest BCUT2D eigenvalue weighted by Gasteiger charge is 2.25. The van der Waals surface area contributed by atoms with Gasteiger partial charge in [0.15, 0.2) is 11.5 Å². The number of anilines is 1. The summed E-state index contributed by atoms with van der Waals surface area (Å²) in [7, 11) is 1.62. The minimum Gasteiger partial charge on any atom is -0.493 e. The van der Waals surface area contributed by atoms with Crippen LogP contribution in [-0.4, -0.2) is 37.7 Å². The van der Waals surface area contributed by atoms with E-state index in [0.29, 0.717) is 18.9 Å². The van der Waals surface area contributed by atoms with Crippen LogP contribution in [0.5, 0.6) is 11.5 Å². The Morgan fingerprint density at radius 2 is 1.93 bits per heavy atom. The Kier molecular flexibility index (Phi) is 6.52. The average molecular weight is 369 g/mol. The van der Waals surface area contributed by atoms with E-state index in [4.69, 9.17) is 9.47 Å². The first-order valence-corrected chi connectivity index (χ1v) is 9.43. The molecule has 0 spiro atoms. The number of piperidine rings is 1. The van der Waals surface area contributed by atoms with E-state index in [-0.39, 0.29) is 11.8 Å². The second kappa shape index (κ2) is 9.26. The number of nitrogens with zero attached hydrogens (tertiary/aromatic N) is 2. The second-order valence-electron chi connectivity index (χ2n) is 6.60. The number of hydrogen-bond acceptors (Lipinski definition) is 5. The highest BCUT2D eigenvalue weighted by atomic mass is 16.5. The fraction of sp³-hybridized carbons (Fsp3) is 0.429. The van der Waals surface area contributed by atoms with Gasteiger partial charge in [0.1, 0.15) is 0 Å². The number of methoxy groups -OCH3 is 1. The fourth-order valence-electron chi connectivity index (χ4n) is 3.38. The van der Waals surface area contributed by atoms with Crippen molar-refractivity contribution in [2.45, 2.75) is 26.3 Å². The molecule has 144 valence electrons. The number of nitrogens with one attached hydrogen (secondary N) is 1. The molecule has 2 aromatic rings. The molecule has 1 aliphatic heterocycles. The molecule has 1 amide bonds. The maximum absolute atomic E-state index is 12.5. The molecule has 1 aromatic heterocycles. The van der Waals surface area contributed by atoms with Crippen LogP contribution in [0.4, 0.5) is 5.69 Å². The molecule has 1 N–H and O–H groups in total. The van der Waals surface area contributed by atoms with Crippen molar-refractivity contribution in [3.05, 3.63) is 48.3 Å². The maximum Gasteiger partial charge on any atom is 0.223 e. The van der Waals surface area contributed by atoms with Gasteiger partial charge in [0, 0.05) is 43.6 Å². The molecule has 0 saturated carbocycles. The van der Waals surface area contributed by atoms with E-state index in [0.717, 1.165) is 37.2 Å². The lowest BCUT2D eigenvalue weighted by atomic mass is 9.95. The minimum absolute atomic E-state index is 0.0627. The number of amides is 1. The number of pyridine rings is 1. The quantitative estimate of drug-likeness (QED) is 0.813. The van der Waals surface area contributed by atoms with E-state index in [1.807, 2.05) is 37.3 Å². The summed E-state index contributed by atoms with van der Waals surface area (Å²) in [6.45, 7) is 4.79. The van der Waals surface area contributed by atoms with Crippen molar-refractivity contribution in [2.75, 3.05) is 31.7 Å². The first-order valence-electron chi connectivity index (χ1n) is 9.43. The largest absolute Gasteiger partial charge is 0.493 e. The molecule has 2 heterocycles. The van der Waals surface area contributed by atoms with Gasteiger partial charge in [-0.2, -0.15) is 0 Å². The van der Waals surface area contributed by atoms with Crippen LogP contribution < -0.4 is 19.7 Å². The van der Waals surface area contributed by atoms with Gasteiger partial charge >= 0.3 is 0 Å². The van der Waals surface area contributed by atoms with Gasteiger partial charge in [-0.15, -0.1) is 0 Å². The van der Waals surface area contributed by atoms with Crippen LogP contribution in [0.3, 0.4) is 0 Å². The third-order valence-electron chi connectivity index (χ3n) is 4.89. The summed E-state index contributed by atoms with van der Waals surface area (Å²) >= 11 is 0. The number of hydrogen-bond donors (Lipinski definition) is 1. The molecule has 0 bridgehead atoms. The summed E-state index contributed by atoms with van der Waals surface area (Å²) < 4.78 is 10.9. The molecule has 6 nitrogen and oxygen atoms in total. The van der Waals surface area contributed by atoms with Crippen LogP contribution in [0.2, 0.25) is 0 Å². The first kappa shape index (κ1) is 19.0. The number of aromatic nitrogens is 1. The highest BCUT2D eigenvalue weighted by Crippen LogP contribution is 2.28. The van der Waals surface area contributed by atoms with E-state index < -0.39 is 0 Å². The van der Waals surface area contributed by atoms with Crippen molar-refractivity contribution in [1.29, 1.82) is 0 Å². The number of carbonyl (C=O) groups excluding carboxylic acids is 1. The lowest BCUT2D eigenvalue weighted by Gasteiger charge is -2.32. The molecular formula is C21H27N3O3. The summed E-state index contributed by atoms with van der Waals surface area (Å²) in [5.74, 6) is 1.60. The minimum atomic E-state index is 0.0627. The van der Waals surface area contributed by atoms with Crippen molar-refractivity contribution in [2.24, 2.45) is 5.92 Å². The Morgan fingerprint density at radius 3 is 2.59 bits per heavy atom. The number of carbonyl (C=O) groups is 1. The summed E-state index contributed by atoms with van der Waals surface area (Å²) in [5, 5.41) is 3.06. The number of ether oxygens (including phenoxy) is 2. The lowest BCUT2D eigenvalue weighted by molar-refractivity contribution is -0.125. The van der Waals surface area contributed by atoms with Gasteiger partial charge in [-0.25, -0.2) is 0 Å². The van der Waals surface area contributed by atoms with Gasteiger partial charge in [0.25, 0.3) is 0 Å². The molecule has 1 fully saturated rings. The molecule has 27 heavy (non-hydrogen) atoms. The van der Waals surface area contributed by atoms with Gasteiger partial charge in [0.05, 0.1) is 13.7 Å². The number of rotatable bonds is 7. The normalized spacial score (nSPS) is 14.7. The van der Waals surface area contributed by atoms with E-state index in [1.54, 1.807) is 19.5 Å². The summed E-state index contributed by atoms with van der Waals surface area (Å²) in [6, 6.07) is 9.79. The Labute approximate surface area is 160 Å². The zero-order valence-electron chi connectivity index (χ0n) is 16.0. The van der Waals surface area contributed by atoms with E-state index in [1.165, 1.54) is 5.69 Å². The predicted molar refractivity (Wildman–Crippen MR) is 105 cm³/mol. The molecule has 0 unspecified atom stereocenters. The average Bonchev–Trinajstić information content (AvgIpc) is 2.73. The van der Waals surface area contributed by atoms with Crippen LogP contribution >= 0.6 is 0 Å². The summed E-state index contributed by atoms with van der Waals surface area (Å²) in [6.07, 6.45) is 5.33. The lowest BCUT2D eigenvalue weighted by Crippen LogP contribution is -2.40. The van der Waals surface area contributed by atoms with Crippen molar-refractivity contribution in [1.82, 2.24) is 10.3 Å². The maximum atomic E-state index is 12.5. The highest BCUT2D eigenvalue weighted by molar-refractivity contribution is 5.79. The fourth-order valence-corrected chi connectivity index (χ4v) is 3.38. The smallest absolute Gasteiger partial charge is 0.223 e. The van der Waals surface area contributed by atoms with Gasteiger partial charge in [0.2, 0.25) is 5.91 Å². The molecule has 1 aromatic carbocycles. The Bertz CT molecular complexity index is 744. The van der Waals surface area contributed by atoms with E-state index >= 15 is 0 Å². The van der Waals surface area contributed by atoms with Crippen LogP contribution in [0.15, 0.2) is 42.7 Å². The predicted octanol–water partition coefficient (Wildman–Crippen LogP) is 3.02. The van der Waals surface area contributed by atoms with Gasteiger partial charge in [-0.05, 0) is 49.6 Å².